The second-order valence-corrected chi connectivity index (χ2v) is 21.6. The molecule has 0 saturated carbocycles. The molecule has 0 N–H and O–H groups in total. The molecular formula is C73H122O6. The van der Waals surface area contributed by atoms with Crippen molar-refractivity contribution in [3.05, 3.63) is 122 Å². The maximum absolute atomic E-state index is 12.9. The van der Waals surface area contributed by atoms with Crippen LogP contribution < -0.4 is 0 Å². The van der Waals surface area contributed by atoms with Crippen molar-refractivity contribution < 1.29 is 28.6 Å². The molecule has 0 aliphatic rings. The summed E-state index contributed by atoms with van der Waals surface area (Å²) >= 11 is 0. The Morgan fingerprint density at radius 2 is 0.519 bits per heavy atom. The van der Waals surface area contributed by atoms with Crippen LogP contribution in [-0.4, -0.2) is 37.2 Å². The molecule has 6 nitrogen and oxygen atoms in total. The number of carbonyl (C=O) groups excluding carboxylic acids is 3. The van der Waals surface area contributed by atoms with Gasteiger partial charge in [0.25, 0.3) is 0 Å². The Bertz CT molecular complexity index is 1640. The van der Waals surface area contributed by atoms with E-state index in [0.29, 0.717) is 19.3 Å². The van der Waals surface area contributed by atoms with E-state index in [1.165, 1.54) is 161 Å². The van der Waals surface area contributed by atoms with Gasteiger partial charge in [0.2, 0.25) is 0 Å². The van der Waals surface area contributed by atoms with Crippen LogP contribution in [0.2, 0.25) is 0 Å². The minimum absolute atomic E-state index is 0.103. The van der Waals surface area contributed by atoms with E-state index in [1.54, 1.807) is 0 Å². The highest BCUT2D eigenvalue weighted by molar-refractivity contribution is 5.71. The van der Waals surface area contributed by atoms with Crippen LogP contribution in [0, 0.1) is 0 Å². The number of ether oxygens (including phenoxy) is 3. The highest BCUT2D eigenvalue weighted by Gasteiger charge is 2.19. The predicted molar refractivity (Wildman–Crippen MR) is 343 cm³/mol. The van der Waals surface area contributed by atoms with Gasteiger partial charge in [-0.1, -0.05) is 290 Å². The largest absolute Gasteiger partial charge is 0.462 e. The Balaban J connectivity index is 4.35. The average Bonchev–Trinajstić information content (AvgIpc) is 3.45. The highest BCUT2D eigenvalue weighted by Crippen LogP contribution is 2.16. The van der Waals surface area contributed by atoms with E-state index in [4.69, 9.17) is 14.2 Å². The van der Waals surface area contributed by atoms with E-state index in [-0.39, 0.29) is 37.5 Å². The topological polar surface area (TPSA) is 78.9 Å². The van der Waals surface area contributed by atoms with E-state index in [2.05, 4.69) is 136 Å². The van der Waals surface area contributed by atoms with Gasteiger partial charge >= 0.3 is 17.9 Å². The number of unbranched alkanes of at least 4 members (excludes halogenated alkanes) is 28. The number of hydrogen-bond donors (Lipinski definition) is 0. The van der Waals surface area contributed by atoms with Gasteiger partial charge in [0.15, 0.2) is 6.10 Å². The van der Waals surface area contributed by atoms with Crippen molar-refractivity contribution >= 4 is 17.9 Å². The molecule has 0 heterocycles. The number of hydrogen-bond acceptors (Lipinski definition) is 6. The Hall–Kier alpha value is -4.19. The molecule has 0 aliphatic carbocycles. The summed E-state index contributed by atoms with van der Waals surface area (Å²) in [5.41, 5.74) is 0. The van der Waals surface area contributed by atoms with Crippen molar-refractivity contribution in [2.45, 2.75) is 309 Å². The molecule has 0 aromatic carbocycles. The van der Waals surface area contributed by atoms with E-state index >= 15 is 0 Å². The summed E-state index contributed by atoms with van der Waals surface area (Å²) in [5.74, 6) is -0.987. The van der Waals surface area contributed by atoms with Crippen LogP contribution in [0.25, 0.3) is 0 Å². The molecule has 6 heteroatoms. The SMILES string of the molecule is CC/C=C\C/C=C\C/C=C\C/C=C\CCCCCCCCCCCCC(=O)OC(COC(=O)CC/C=C\C/C=C\C/C=C\C/C=C\CC)COC(=O)CCCCCCCCCCCCCCC/C=C\C/C=C\CCCCCCC. The van der Waals surface area contributed by atoms with Gasteiger partial charge in [0.05, 0.1) is 0 Å². The molecule has 79 heavy (non-hydrogen) atoms. The zero-order valence-corrected chi connectivity index (χ0v) is 51.6. The summed E-state index contributed by atoms with van der Waals surface area (Å²) in [6, 6.07) is 0. The predicted octanol–water partition coefficient (Wildman–Crippen LogP) is 22.8. The molecule has 450 valence electrons. The molecule has 0 aliphatic heterocycles. The Morgan fingerprint density at radius 1 is 0.266 bits per heavy atom. The van der Waals surface area contributed by atoms with Crippen LogP contribution in [0.3, 0.4) is 0 Å². The lowest BCUT2D eigenvalue weighted by atomic mass is 10.0. The third-order valence-electron chi connectivity index (χ3n) is 13.9. The van der Waals surface area contributed by atoms with E-state index in [9.17, 15) is 14.4 Å². The molecule has 0 fully saturated rings. The van der Waals surface area contributed by atoms with E-state index in [1.807, 2.05) is 6.08 Å². The fraction of sp³-hybridized carbons (Fsp3) is 0.685. The minimum Gasteiger partial charge on any atom is -0.462 e. The normalized spacial score (nSPS) is 12.9. The number of allylic oxidation sites excluding steroid dienone is 20. The number of rotatable bonds is 59. The van der Waals surface area contributed by atoms with Crippen molar-refractivity contribution in [3.8, 4) is 0 Å². The third kappa shape index (κ3) is 64.5. The zero-order valence-electron chi connectivity index (χ0n) is 51.6. The van der Waals surface area contributed by atoms with Gasteiger partial charge in [-0.05, 0) is 116 Å². The summed E-state index contributed by atoms with van der Waals surface area (Å²) in [6.45, 7) is 6.35. The fourth-order valence-electron chi connectivity index (χ4n) is 9.07. The smallest absolute Gasteiger partial charge is 0.306 e. The van der Waals surface area contributed by atoms with Gasteiger partial charge in [-0.3, -0.25) is 14.4 Å². The third-order valence-corrected chi connectivity index (χ3v) is 13.9. The van der Waals surface area contributed by atoms with Gasteiger partial charge in [-0.2, -0.15) is 0 Å². The lowest BCUT2D eigenvalue weighted by Crippen LogP contribution is -2.30. The highest BCUT2D eigenvalue weighted by atomic mass is 16.6. The first-order chi connectivity index (χ1) is 39.0. The molecule has 0 spiro atoms. The van der Waals surface area contributed by atoms with Crippen molar-refractivity contribution in [2.24, 2.45) is 0 Å². The quantitative estimate of drug-likeness (QED) is 0.0261. The summed E-state index contributed by atoms with van der Waals surface area (Å²) in [5, 5.41) is 0. The molecular weight excluding hydrogens is 973 g/mol. The number of carbonyl (C=O) groups is 3. The first-order valence-electron chi connectivity index (χ1n) is 33.0. The summed E-state index contributed by atoms with van der Waals surface area (Å²) < 4.78 is 16.9. The van der Waals surface area contributed by atoms with Gasteiger partial charge in [-0.25, -0.2) is 0 Å². The van der Waals surface area contributed by atoms with Crippen molar-refractivity contribution in [1.82, 2.24) is 0 Å². The minimum atomic E-state index is -0.814. The van der Waals surface area contributed by atoms with Crippen molar-refractivity contribution in [1.29, 1.82) is 0 Å². The molecule has 0 saturated heterocycles. The van der Waals surface area contributed by atoms with Gasteiger partial charge in [0, 0.05) is 19.3 Å². The van der Waals surface area contributed by atoms with Gasteiger partial charge < -0.3 is 14.2 Å². The molecule has 0 aromatic rings. The van der Waals surface area contributed by atoms with Crippen LogP contribution in [0.5, 0.6) is 0 Å². The average molecular weight is 1100 g/mol. The molecule has 1 atom stereocenters. The maximum atomic E-state index is 12.9. The van der Waals surface area contributed by atoms with Crippen LogP contribution in [0.4, 0.5) is 0 Å². The van der Waals surface area contributed by atoms with E-state index < -0.39 is 6.10 Å². The monoisotopic (exact) mass is 1090 g/mol. The van der Waals surface area contributed by atoms with Crippen LogP contribution in [0.15, 0.2) is 122 Å². The molecule has 1 unspecified atom stereocenters. The standard InChI is InChI=1S/C73H122O6/c1-4-7-10-13-16-19-22-25-27-29-31-33-35-36-38-39-41-43-45-48-51-54-57-60-63-66-72(75)78-69-70(68-77-71(74)65-62-59-56-53-50-47-24-21-18-15-12-9-6-3)79-73(76)67-64-61-58-55-52-49-46-44-42-40-37-34-32-30-28-26-23-20-17-14-11-8-5-2/h8-9,11-12,17-18,20-22,25-26,28-29,31-32,34,47,50,56,59,70H,4-7,10,13-16,19,23-24,27,30,33,35-46,48-49,51-55,57-58,60-69H2,1-3H3/b11-8-,12-9-,20-17-,21-18-,25-22-,28-26-,31-29-,34-32-,50-47-,59-56-. The summed E-state index contributed by atoms with van der Waals surface area (Å²) in [4.78, 5) is 38.3. The van der Waals surface area contributed by atoms with Crippen molar-refractivity contribution in [2.75, 3.05) is 13.2 Å². The van der Waals surface area contributed by atoms with Gasteiger partial charge in [-0.15, -0.1) is 0 Å². The Kier molecular flexibility index (Phi) is 62.8. The second-order valence-electron chi connectivity index (χ2n) is 21.6. The maximum Gasteiger partial charge on any atom is 0.306 e. The van der Waals surface area contributed by atoms with E-state index in [0.717, 1.165) is 96.3 Å². The summed E-state index contributed by atoms with van der Waals surface area (Å²) in [7, 11) is 0. The van der Waals surface area contributed by atoms with Crippen LogP contribution in [-0.2, 0) is 28.6 Å². The van der Waals surface area contributed by atoms with Crippen molar-refractivity contribution in [3.63, 3.8) is 0 Å². The summed E-state index contributed by atoms with van der Waals surface area (Å²) in [6.07, 6.45) is 92.3. The lowest BCUT2D eigenvalue weighted by Gasteiger charge is -2.18. The first-order valence-corrected chi connectivity index (χ1v) is 33.0. The lowest BCUT2D eigenvalue weighted by molar-refractivity contribution is -0.166. The Morgan fingerprint density at radius 3 is 0.848 bits per heavy atom. The van der Waals surface area contributed by atoms with Crippen LogP contribution >= 0.6 is 0 Å². The Labute approximate surface area is 488 Å². The van der Waals surface area contributed by atoms with Gasteiger partial charge in [0.1, 0.15) is 13.2 Å². The fourth-order valence-corrected chi connectivity index (χ4v) is 9.07. The molecule has 0 rings (SSSR count). The second kappa shape index (κ2) is 66.3. The molecule has 0 amide bonds. The zero-order chi connectivity index (χ0) is 57.1. The molecule has 0 aromatic heterocycles. The number of esters is 3. The molecule has 0 radical (unpaired) electrons. The van der Waals surface area contributed by atoms with Crippen LogP contribution in [0.1, 0.15) is 303 Å². The molecule has 0 bridgehead atoms. The first kappa shape index (κ1) is 74.8.